The van der Waals surface area contributed by atoms with Gasteiger partial charge in [-0.2, -0.15) is 4.31 Å². The Balaban J connectivity index is 2.25. The van der Waals surface area contributed by atoms with E-state index in [1.807, 2.05) is 0 Å². The zero-order valence-electron chi connectivity index (χ0n) is 11.5. The smallest absolute Gasteiger partial charge is 0.243 e. The van der Waals surface area contributed by atoms with E-state index in [1.54, 1.807) is 6.92 Å². The summed E-state index contributed by atoms with van der Waals surface area (Å²) in [5, 5.41) is 10.1. The van der Waals surface area contributed by atoms with Crippen LogP contribution in [0, 0.1) is 0 Å². The minimum absolute atomic E-state index is 0.143. The molecule has 0 aliphatic carbocycles. The standard InChI is InChI=1S/C13H18ClNO4S/c1-13(16)5-7-15(8-6-13)20(17,18)10-3-4-12(19-2)11(14)9-10/h3-4,9,16H,5-8H2,1-2H3. The molecule has 1 aliphatic rings. The predicted octanol–water partition coefficient (Wildman–Crippen LogP) is 1.88. The number of methoxy groups -OCH3 is 1. The fourth-order valence-corrected chi connectivity index (χ4v) is 3.96. The highest BCUT2D eigenvalue weighted by Gasteiger charge is 2.34. The van der Waals surface area contributed by atoms with Gasteiger partial charge in [0.15, 0.2) is 0 Å². The Bertz CT molecular complexity index is 590. The molecule has 0 bridgehead atoms. The van der Waals surface area contributed by atoms with Crippen LogP contribution in [-0.2, 0) is 10.0 Å². The first-order chi connectivity index (χ1) is 9.26. The van der Waals surface area contributed by atoms with E-state index >= 15 is 0 Å². The Kier molecular flexibility index (Phi) is 4.30. The van der Waals surface area contributed by atoms with E-state index in [0.717, 1.165) is 0 Å². The molecule has 0 amide bonds. The molecule has 7 heteroatoms. The molecule has 1 aliphatic heterocycles. The van der Waals surface area contributed by atoms with Crippen LogP contribution in [-0.4, -0.2) is 43.6 Å². The molecular formula is C13H18ClNO4S. The quantitative estimate of drug-likeness (QED) is 0.924. The summed E-state index contributed by atoms with van der Waals surface area (Å²) in [5.74, 6) is 0.437. The molecule has 1 N–H and O–H groups in total. The summed E-state index contributed by atoms with van der Waals surface area (Å²) in [6, 6.07) is 4.41. The number of ether oxygens (including phenoxy) is 1. The average molecular weight is 320 g/mol. The topological polar surface area (TPSA) is 66.8 Å². The summed E-state index contributed by atoms with van der Waals surface area (Å²) in [6.07, 6.45) is 0.853. The molecule has 1 saturated heterocycles. The van der Waals surface area contributed by atoms with Gasteiger partial charge in [0.25, 0.3) is 0 Å². The number of hydrogen-bond acceptors (Lipinski definition) is 4. The Hall–Kier alpha value is -0.820. The SMILES string of the molecule is COc1ccc(S(=O)(=O)N2CCC(C)(O)CC2)cc1Cl. The first kappa shape index (κ1) is 15.6. The van der Waals surface area contributed by atoms with Gasteiger partial charge in [-0.1, -0.05) is 11.6 Å². The van der Waals surface area contributed by atoms with E-state index in [-0.39, 0.29) is 9.92 Å². The second-order valence-corrected chi connectivity index (χ2v) is 7.54. The minimum Gasteiger partial charge on any atom is -0.495 e. The van der Waals surface area contributed by atoms with E-state index < -0.39 is 15.6 Å². The molecule has 20 heavy (non-hydrogen) atoms. The van der Waals surface area contributed by atoms with Gasteiger partial charge >= 0.3 is 0 Å². The third kappa shape index (κ3) is 3.09. The van der Waals surface area contributed by atoms with Gasteiger partial charge < -0.3 is 9.84 Å². The fraction of sp³-hybridized carbons (Fsp3) is 0.538. The second-order valence-electron chi connectivity index (χ2n) is 5.20. The maximum Gasteiger partial charge on any atom is 0.243 e. The van der Waals surface area contributed by atoms with Crippen LogP contribution in [0.3, 0.4) is 0 Å². The maximum absolute atomic E-state index is 12.5. The number of nitrogens with zero attached hydrogens (tertiary/aromatic N) is 1. The molecule has 5 nitrogen and oxygen atoms in total. The number of rotatable bonds is 3. The van der Waals surface area contributed by atoms with Crippen LogP contribution in [0.15, 0.2) is 23.1 Å². The third-order valence-corrected chi connectivity index (χ3v) is 5.75. The Morgan fingerprint density at radius 3 is 2.45 bits per heavy atom. The normalized spacial score (nSPS) is 19.8. The van der Waals surface area contributed by atoms with Crippen molar-refractivity contribution in [3.63, 3.8) is 0 Å². The van der Waals surface area contributed by atoms with Crippen molar-refractivity contribution in [2.45, 2.75) is 30.3 Å². The highest BCUT2D eigenvalue weighted by Crippen LogP contribution is 2.30. The van der Waals surface area contributed by atoms with Crippen LogP contribution in [0.4, 0.5) is 0 Å². The lowest BCUT2D eigenvalue weighted by Crippen LogP contribution is -2.45. The molecule has 0 saturated carbocycles. The fourth-order valence-electron chi connectivity index (χ4n) is 2.16. The molecular weight excluding hydrogens is 302 g/mol. The first-order valence-corrected chi connectivity index (χ1v) is 8.14. The van der Waals surface area contributed by atoms with Crippen molar-refractivity contribution in [3.05, 3.63) is 23.2 Å². The second kappa shape index (κ2) is 5.52. The van der Waals surface area contributed by atoms with Gasteiger partial charge in [-0.3, -0.25) is 0 Å². The van der Waals surface area contributed by atoms with Crippen molar-refractivity contribution < 1.29 is 18.3 Å². The summed E-state index contributed by atoms with van der Waals surface area (Å²) in [4.78, 5) is 0.143. The van der Waals surface area contributed by atoms with Gasteiger partial charge in [-0.25, -0.2) is 8.42 Å². The summed E-state index contributed by atoms with van der Waals surface area (Å²) in [5.41, 5.74) is -0.788. The molecule has 2 rings (SSSR count). The minimum atomic E-state index is -3.58. The highest BCUT2D eigenvalue weighted by atomic mass is 35.5. The van der Waals surface area contributed by atoms with Crippen molar-refractivity contribution >= 4 is 21.6 Å². The van der Waals surface area contributed by atoms with Crippen LogP contribution < -0.4 is 4.74 Å². The van der Waals surface area contributed by atoms with E-state index in [0.29, 0.717) is 31.7 Å². The number of sulfonamides is 1. The molecule has 0 spiro atoms. The summed E-state index contributed by atoms with van der Waals surface area (Å²) in [7, 11) is -2.10. The Morgan fingerprint density at radius 2 is 1.95 bits per heavy atom. The molecule has 1 heterocycles. The van der Waals surface area contributed by atoms with Gasteiger partial charge in [0, 0.05) is 13.1 Å². The van der Waals surface area contributed by atoms with Crippen molar-refractivity contribution in [1.29, 1.82) is 0 Å². The molecule has 0 atom stereocenters. The van der Waals surface area contributed by atoms with E-state index in [1.165, 1.54) is 29.6 Å². The monoisotopic (exact) mass is 319 g/mol. The molecule has 1 fully saturated rings. The number of halogens is 1. The third-order valence-electron chi connectivity index (χ3n) is 3.56. The van der Waals surface area contributed by atoms with Crippen molar-refractivity contribution in [1.82, 2.24) is 4.31 Å². The Morgan fingerprint density at radius 1 is 1.35 bits per heavy atom. The van der Waals surface area contributed by atoms with Gasteiger partial charge in [0.2, 0.25) is 10.0 Å². The zero-order chi connectivity index (χ0) is 15.0. The average Bonchev–Trinajstić information content (AvgIpc) is 2.38. The van der Waals surface area contributed by atoms with Crippen LogP contribution >= 0.6 is 11.6 Å². The van der Waals surface area contributed by atoms with Crippen molar-refractivity contribution in [2.24, 2.45) is 0 Å². The van der Waals surface area contributed by atoms with Crippen molar-refractivity contribution in [3.8, 4) is 5.75 Å². The van der Waals surface area contributed by atoms with Gasteiger partial charge in [0.1, 0.15) is 5.75 Å². The lowest BCUT2D eigenvalue weighted by atomic mass is 9.95. The lowest BCUT2D eigenvalue weighted by Gasteiger charge is -2.35. The van der Waals surface area contributed by atoms with Gasteiger partial charge in [-0.15, -0.1) is 0 Å². The molecule has 112 valence electrons. The summed E-state index contributed by atoms with van der Waals surface area (Å²) in [6.45, 7) is 2.33. The molecule has 1 aromatic carbocycles. The van der Waals surface area contributed by atoms with Crippen LogP contribution in [0.1, 0.15) is 19.8 Å². The maximum atomic E-state index is 12.5. The summed E-state index contributed by atoms with van der Waals surface area (Å²) < 4.78 is 31.4. The summed E-state index contributed by atoms with van der Waals surface area (Å²) >= 11 is 5.97. The van der Waals surface area contributed by atoms with E-state index in [9.17, 15) is 13.5 Å². The number of hydrogen-bond donors (Lipinski definition) is 1. The number of piperidine rings is 1. The van der Waals surface area contributed by atoms with E-state index in [2.05, 4.69) is 0 Å². The van der Waals surface area contributed by atoms with Gasteiger partial charge in [0.05, 0.1) is 22.6 Å². The van der Waals surface area contributed by atoms with Crippen LogP contribution in [0.2, 0.25) is 5.02 Å². The molecule has 0 unspecified atom stereocenters. The van der Waals surface area contributed by atoms with Crippen LogP contribution in [0.5, 0.6) is 5.75 Å². The first-order valence-electron chi connectivity index (χ1n) is 6.32. The Labute approximate surface area is 124 Å². The highest BCUT2D eigenvalue weighted by molar-refractivity contribution is 7.89. The van der Waals surface area contributed by atoms with Gasteiger partial charge in [-0.05, 0) is 38.0 Å². The van der Waals surface area contributed by atoms with E-state index in [4.69, 9.17) is 16.3 Å². The lowest BCUT2D eigenvalue weighted by molar-refractivity contribution is 0.0126. The molecule has 0 radical (unpaired) electrons. The molecule has 0 aromatic heterocycles. The van der Waals surface area contributed by atoms with Crippen LogP contribution in [0.25, 0.3) is 0 Å². The zero-order valence-corrected chi connectivity index (χ0v) is 13.0. The number of aliphatic hydroxyl groups is 1. The number of benzene rings is 1. The predicted molar refractivity (Wildman–Crippen MR) is 76.6 cm³/mol. The molecule has 1 aromatic rings. The largest absolute Gasteiger partial charge is 0.495 e. The van der Waals surface area contributed by atoms with Crippen molar-refractivity contribution in [2.75, 3.05) is 20.2 Å².